The van der Waals surface area contributed by atoms with Gasteiger partial charge in [0.25, 0.3) is 5.91 Å². The van der Waals surface area contributed by atoms with Crippen LogP contribution in [0.1, 0.15) is 39.2 Å². The summed E-state index contributed by atoms with van der Waals surface area (Å²) in [6.45, 7) is 4.89. The number of carbonyl (C=O) groups excluding carboxylic acids is 1. The van der Waals surface area contributed by atoms with Gasteiger partial charge < -0.3 is 15.2 Å². The second kappa shape index (κ2) is 10.4. The van der Waals surface area contributed by atoms with E-state index in [4.69, 9.17) is 4.74 Å². The van der Waals surface area contributed by atoms with Crippen molar-refractivity contribution in [1.82, 2.24) is 10.3 Å². The SMILES string of the molecule is Cc1cc(C)c(CCNC(=O)c2ccc(CCCOc3ccccc3)cc2)c(O)n1. The van der Waals surface area contributed by atoms with E-state index in [0.29, 0.717) is 25.1 Å². The lowest BCUT2D eigenvalue weighted by Gasteiger charge is -2.10. The van der Waals surface area contributed by atoms with Gasteiger partial charge in [0.2, 0.25) is 5.88 Å². The summed E-state index contributed by atoms with van der Waals surface area (Å²) >= 11 is 0. The van der Waals surface area contributed by atoms with Crippen molar-refractivity contribution >= 4 is 5.91 Å². The number of aryl methyl sites for hydroxylation is 3. The third-order valence-electron chi connectivity index (χ3n) is 4.95. The van der Waals surface area contributed by atoms with E-state index in [9.17, 15) is 9.90 Å². The Balaban J connectivity index is 1.42. The molecule has 0 unspecified atom stereocenters. The summed E-state index contributed by atoms with van der Waals surface area (Å²) in [5.74, 6) is 0.808. The molecule has 0 atom stereocenters. The summed E-state index contributed by atoms with van der Waals surface area (Å²) in [6, 6.07) is 19.4. The molecule has 5 nitrogen and oxygen atoms in total. The van der Waals surface area contributed by atoms with E-state index >= 15 is 0 Å². The van der Waals surface area contributed by atoms with Crippen molar-refractivity contribution in [3.8, 4) is 11.6 Å². The fourth-order valence-electron chi connectivity index (χ4n) is 3.36. The van der Waals surface area contributed by atoms with Gasteiger partial charge in [0.15, 0.2) is 0 Å². The van der Waals surface area contributed by atoms with Gasteiger partial charge in [0, 0.05) is 23.4 Å². The second-order valence-electron chi connectivity index (χ2n) is 7.35. The Morgan fingerprint density at radius 1 is 1.03 bits per heavy atom. The number of amides is 1. The fourth-order valence-corrected chi connectivity index (χ4v) is 3.36. The number of pyridine rings is 1. The Morgan fingerprint density at radius 3 is 2.47 bits per heavy atom. The quantitative estimate of drug-likeness (QED) is 0.519. The minimum absolute atomic E-state index is 0.0438. The number of carbonyl (C=O) groups is 1. The Bertz CT molecular complexity index is 946. The maximum atomic E-state index is 12.4. The van der Waals surface area contributed by atoms with Crippen LogP contribution in [0.15, 0.2) is 60.7 Å². The predicted octanol–water partition coefficient (Wildman–Crippen LogP) is 4.39. The molecule has 3 aromatic rings. The van der Waals surface area contributed by atoms with E-state index in [-0.39, 0.29) is 11.8 Å². The molecular formula is C25H28N2O3. The fraction of sp³-hybridized carbons (Fsp3) is 0.280. The van der Waals surface area contributed by atoms with Crippen LogP contribution in [0.4, 0.5) is 0 Å². The van der Waals surface area contributed by atoms with Gasteiger partial charge in [-0.1, -0.05) is 30.3 Å². The molecule has 156 valence electrons. The smallest absolute Gasteiger partial charge is 0.251 e. The zero-order chi connectivity index (χ0) is 21.3. The van der Waals surface area contributed by atoms with E-state index in [0.717, 1.165) is 35.4 Å². The summed E-state index contributed by atoms with van der Waals surface area (Å²) in [5.41, 5.74) is 4.34. The van der Waals surface area contributed by atoms with Crippen molar-refractivity contribution < 1.29 is 14.6 Å². The van der Waals surface area contributed by atoms with Crippen LogP contribution in [-0.4, -0.2) is 29.1 Å². The number of nitrogens with one attached hydrogen (secondary N) is 1. The molecule has 0 saturated heterocycles. The van der Waals surface area contributed by atoms with E-state index < -0.39 is 0 Å². The van der Waals surface area contributed by atoms with Crippen molar-refractivity contribution in [3.05, 3.63) is 88.6 Å². The standard InChI is InChI=1S/C25H28N2O3/c1-18-17-19(2)27-25(29)23(18)14-15-26-24(28)21-12-10-20(11-13-21)7-6-16-30-22-8-4-3-5-9-22/h3-5,8-13,17H,6-7,14-16H2,1-2H3,(H,26,28)(H,27,29). The summed E-state index contributed by atoms with van der Waals surface area (Å²) < 4.78 is 5.71. The molecule has 0 spiro atoms. The number of para-hydroxylation sites is 1. The lowest BCUT2D eigenvalue weighted by atomic mass is 10.1. The number of aromatic nitrogens is 1. The molecule has 0 aliphatic rings. The molecule has 0 aliphatic heterocycles. The molecule has 1 amide bonds. The molecule has 2 N–H and O–H groups in total. The number of rotatable bonds is 9. The third kappa shape index (κ3) is 6.08. The summed E-state index contributed by atoms with van der Waals surface area (Å²) in [6.07, 6.45) is 2.35. The zero-order valence-corrected chi connectivity index (χ0v) is 17.5. The Kier molecular flexibility index (Phi) is 7.44. The number of nitrogens with zero attached hydrogens (tertiary/aromatic N) is 1. The second-order valence-corrected chi connectivity index (χ2v) is 7.35. The summed E-state index contributed by atoms with van der Waals surface area (Å²) in [5, 5.41) is 12.9. The average Bonchev–Trinajstić information content (AvgIpc) is 2.74. The normalized spacial score (nSPS) is 10.6. The van der Waals surface area contributed by atoms with Gasteiger partial charge >= 0.3 is 0 Å². The molecule has 0 aliphatic carbocycles. The van der Waals surface area contributed by atoms with Crippen molar-refractivity contribution in [1.29, 1.82) is 0 Å². The van der Waals surface area contributed by atoms with E-state index in [1.807, 2.05) is 74.5 Å². The molecule has 3 rings (SSSR count). The van der Waals surface area contributed by atoms with Crippen LogP contribution in [0, 0.1) is 13.8 Å². The first-order chi connectivity index (χ1) is 14.5. The van der Waals surface area contributed by atoms with Gasteiger partial charge in [-0.3, -0.25) is 4.79 Å². The van der Waals surface area contributed by atoms with Crippen LogP contribution in [0.3, 0.4) is 0 Å². The zero-order valence-electron chi connectivity index (χ0n) is 17.5. The molecular weight excluding hydrogens is 376 g/mol. The number of benzene rings is 2. The monoisotopic (exact) mass is 404 g/mol. The maximum absolute atomic E-state index is 12.4. The lowest BCUT2D eigenvalue weighted by molar-refractivity contribution is 0.0954. The summed E-state index contributed by atoms with van der Waals surface area (Å²) in [7, 11) is 0. The third-order valence-corrected chi connectivity index (χ3v) is 4.95. The number of aromatic hydroxyl groups is 1. The van der Waals surface area contributed by atoms with Gasteiger partial charge in [-0.05, 0) is 74.6 Å². The predicted molar refractivity (Wildman–Crippen MR) is 118 cm³/mol. The van der Waals surface area contributed by atoms with E-state index in [1.165, 1.54) is 5.56 Å². The molecule has 1 heterocycles. The highest BCUT2D eigenvalue weighted by Crippen LogP contribution is 2.19. The first-order valence-corrected chi connectivity index (χ1v) is 10.2. The van der Waals surface area contributed by atoms with E-state index in [1.54, 1.807) is 0 Å². The van der Waals surface area contributed by atoms with Crippen LogP contribution in [0.25, 0.3) is 0 Å². The molecule has 0 radical (unpaired) electrons. The van der Waals surface area contributed by atoms with Crippen molar-refractivity contribution in [3.63, 3.8) is 0 Å². The molecule has 0 fully saturated rings. The molecule has 2 aromatic carbocycles. The van der Waals surface area contributed by atoms with E-state index in [2.05, 4.69) is 10.3 Å². The Labute approximate surface area is 177 Å². The lowest BCUT2D eigenvalue weighted by Crippen LogP contribution is -2.26. The van der Waals surface area contributed by atoms with Gasteiger partial charge in [-0.2, -0.15) is 0 Å². The molecule has 5 heteroatoms. The first-order valence-electron chi connectivity index (χ1n) is 10.2. The average molecular weight is 405 g/mol. The molecule has 0 bridgehead atoms. The highest BCUT2D eigenvalue weighted by molar-refractivity contribution is 5.94. The number of ether oxygens (including phenoxy) is 1. The summed E-state index contributed by atoms with van der Waals surface area (Å²) in [4.78, 5) is 16.5. The van der Waals surface area contributed by atoms with Crippen LogP contribution in [0.2, 0.25) is 0 Å². The highest BCUT2D eigenvalue weighted by Gasteiger charge is 2.10. The first kappa shape index (κ1) is 21.4. The minimum Gasteiger partial charge on any atom is -0.494 e. The van der Waals surface area contributed by atoms with Crippen molar-refractivity contribution in [2.24, 2.45) is 0 Å². The van der Waals surface area contributed by atoms with Crippen molar-refractivity contribution in [2.45, 2.75) is 33.1 Å². The topological polar surface area (TPSA) is 71.5 Å². The molecule has 1 aromatic heterocycles. The largest absolute Gasteiger partial charge is 0.494 e. The van der Waals surface area contributed by atoms with Crippen LogP contribution in [0.5, 0.6) is 11.6 Å². The van der Waals surface area contributed by atoms with Crippen LogP contribution >= 0.6 is 0 Å². The Hall–Kier alpha value is -3.34. The molecule has 30 heavy (non-hydrogen) atoms. The van der Waals surface area contributed by atoms with Crippen LogP contribution in [-0.2, 0) is 12.8 Å². The van der Waals surface area contributed by atoms with Gasteiger partial charge in [-0.15, -0.1) is 0 Å². The maximum Gasteiger partial charge on any atom is 0.251 e. The van der Waals surface area contributed by atoms with Crippen molar-refractivity contribution in [2.75, 3.05) is 13.2 Å². The number of hydrogen-bond acceptors (Lipinski definition) is 4. The number of hydrogen-bond donors (Lipinski definition) is 2. The molecule has 0 saturated carbocycles. The highest BCUT2D eigenvalue weighted by atomic mass is 16.5. The van der Waals surface area contributed by atoms with Gasteiger partial charge in [0.1, 0.15) is 5.75 Å². The Morgan fingerprint density at radius 2 is 1.77 bits per heavy atom. The minimum atomic E-state index is -0.119. The van der Waals surface area contributed by atoms with Gasteiger partial charge in [0.05, 0.1) is 6.61 Å². The van der Waals surface area contributed by atoms with Gasteiger partial charge in [-0.25, -0.2) is 4.98 Å². The van der Waals surface area contributed by atoms with Crippen LogP contribution < -0.4 is 10.1 Å².